The molecule has 1 N–H and O–H groups in total. The van der Waals surface area contributed by atoms with E-state index in [0.29, 0.717) is 6.04 Å². The maximum atomic E-state index is 6.34. The number of benzene rings is 1. The molecule has 1 aliphatic rings. The Labute approximate surface area is 129 Å². The molecule has 1 fully saturated rings. The minimum atomic E-state index is 0.581. The van der Waals surface area contributed by atoms with Crippen molar-refractivity contribution in [2.75, 3.05) is 6.54 Å². The average Bonchev–Trinajstić information content (AvgIpc) is 2.40. The lowest BCUT2D eigenvalue weighted by Gasteiger charge is -2.30. The van der Waals surface area contributed by atoms with Gasteiger partial charge in [-0.1, -0.05) is 68.8 Å². The Morgan fingerprint density at radius 3 is 2.40 bits per heavy atom. The second-order valence-electron chi connectivity index (χ2n) is 6.06. The molecule has 1 unspecified atom stereocenters. The highest BCUT2D eigenvalue weighted by molar-refractivity contribution is 6.31. The Balaban J connectivity index is 2.03. The van der Waals surface area contributed by atoms with Crippen molar-refractivity contribution in [1.29, 1.82) is 0 Å². The molecule has 1 aromatic rings. The third-order valence-electron chi connectivity index (χ3n) is 4.58. The van der Waals surface area contributed by atoms with Crippen LogP contribution in [0.15, 0.2) is 24.3 Å². The number of hydrogen-bond donors (Lipinski definition) is 1. The van der Waals surface area contributed by atoms with E-state index in [-0.39, 0.29) is 0 Å². The van der Waals surface area contributed by atoms with Gasteiger partial charge in [-0.25, -0.2) is 0 Å². The Bertz CT molecular complexity index is 383. The van der Waals surface area contributed by atoms with Gasteiger partial charge in [-0.15, -0.1) is 0 Å². The van der Waals surface area contributed by atoms with Crippen molar-refractivity contribution < 1.29 is 0 Å². The van der Waals surface area contributed by atoms with Crippen molar-refractivity contribution in [3.05, 3.63) is 34.9 Å². The summed E-state index contributed by atoms with van der Waals surface area (Å²) in [6.45, 7) is 3.26. The van der Waals surface area contributed by atoms with Crippen LogP contribution in [0.25, 0.3) is 0 Å². The van der Waals surface area contributed by atoms with Gasteiger partial charge >= 0.3 is 0 Å². The summed E-state index contributed by atoms with van der Waals surface area (Å²) in [5.74, 6) is 0.812. The fraction of sp³-hybridized carbons (Fsp3) is 0.667. The zero-order valence-corrected chi connectivity index (χ0v) is 13.5. The lowest BCUT2D eigenvalue weighted by Crippen LogP contribution is -2.38. The van der Waals surface area contributed by atoms with Crippen LogP contribution in [0.1, 0.15) is 57.4 Å². The molecular weight excluding hydrogens is 266 g/mol. The molecule has 0 saturated heterocycles. The van der Waals surface area contributed by atoms with Crippen LogP contribution in [0.5, 0.6) is 0 Å². The normalized spacial score (nSPS) is 19.3. The van der Waals surface area contributed by atoms with Gasteiger partial charge in [-0.2, -0.15) is 0 Å². The zero-order chi connectivity index (χ0) is 14.2. The van der Waals surface area contributed by atoms with Crippen molar-refractivity contribution in [1.82, 2.24) is 5.32 Å². The van der Waals surface area contributed by atoms with Crippen molar-refractivity contribution in [2.24, 2.45) is 5.92 Å². The van der Waals surface area contributed by atoms with Gasteiger partial charge < -0.3 is 5.32 Å². The van der Waals surface area contributed by atoms with E-state index in [2.05, 4.69) is 24.4 Å². The van der Waals surface area contributed by atoms with Crippen LogP contribution in [0.2, 0.25) is 5.02 Å². The minimum Gasteiger partial charge on any atom is -0.314 e. The molecule has 0 amide bonds. The van der Waals surface area contributed by atoms with E-state index in [1.54, 1.807) is 0 Å². The maximum Gasteiger partial charge on any atom is 0.0438 e. The van der Waals surface area contributed by atoms with Crippen LogP contribution in [0.4, 0.5) is 0 Å². The first-order valence-electron chi connectivity index (χ1n) is 8.28. The molecule has 0 spiro atoms. The summed E-state index contributed by atoms with van der Waals surface area (Å²) in [6, 6.07) is 8.89. The van der Waals surface area contributed by atoms with Gasteiger partial charge in [0.1, 0.15) is 0 Å². The SMILES string of the molecule is CCNC(Cc1ccccc1Cl)C1CCCCCCC1. The van der Waals surface area contributed by atoms with Crippen LogP contribution in [0.3, 0.4) is 0 Å². The average molecular weight is 294 g/mol. The Kier molecular flexibility index (Phi) is 6.89. The van der Waals surface area contributed by atoms with Gasteiger partial charge in [0.25, 0.3) is 0 Å². The van der Waals surface area contributed by atoms with Gasteiger partial charge in [0, 0.05) is 11.1 Å². The minimum absolute atomic E-state index is 0.581. The second kappa shape index (κ2) is 8.69. The number of likely N-dealkylation sites (N-methyl/N-ethyl adjacent to an activating group) is 1. The number of hydrogen-bond acceptors (Lipinski definition) is 1. The third-order valence-corrected chi connectivity index (χ3v) is 4.95. The highest BCUT2D eigenvalue weighted by Gasteiger charge is 2.22. The molecule has 1 atom stereocenters. The quantitative estimate of drug-likeness (QED) is 0.785. The fourth-order valence-corrected chi connectivity index (χ4v) is 3.67. The third kappa shape index (κ3) is 4.79. The molecule has 1 aromatic carbocycles. The lowest BCUT2D eigenvalue weighted by molar-refractivity contribution is 0.286. The van der Waals surface area contributed by atoms with Gasteiger partial charge in [-0.05, 0) is 43.4 Å². The molecular formula is C18H28ClN. The molecule has 0 aromatic heterocycles. The summed E-state index contributed by atoms with van der Waals surface area (Å²) >= 11 is 6.34. The summed E-state index contributed by atoms with van der Waals surface area (Å²) in [4.78, 5) is 0. The summed E-state index contributed by atoms with van der Waals surface area (Å²) < 4.78 is 0. The summed E-state index contributed by atoms with van der Waals surface area (Å²) in [6.07, 6.45) is 10.9. The van der Waals surface area contributed by atoms with Crippen LogP contribution in [0, 0.1) is 5.92 Å². The Hall–Kier alpha value is -0.530. The number of nitrogens with one attached hydrogen (secondary N) is 1. The molecule has 1 nitrogen and oxygen atoms in total. The first-order chi connectivity index (χ1) is 9.81. The Morgan fingerprint density at radius 2 is 1.75 bits per heavy atom. The van der Waals surface area contributed by atoms with Crippen LogP contribution >= 0.6 is 11.6 Å². The van der Waals surface area contributed by atoms with Crippen LogP contribution < -0.4 is 5.32 Å². The van der Waals surface area contributed by atoms with E-state index in [0.717, 1.165) is 23.9 Å². The molecule has 0 bridgehead atoms. The number of halogens is 1. The molecule has 20 heavy (non-hydrogen) atoms. The van der Waals surface area contributed by atoms with Crippen LogP contribution in [-0.4, -0.2) is 12.6 Å². The fourth-order valence-electron chi connectivity index (χ4n) is 3.46. The van der Waals surface area contributed by atoms with E-state index in [1.807, 2.05) is 12.1 Å². The summed E-state index contributed by atoms with van der Waals surface area (Å²) in [5, 5.41) is 4.64. The Morgan fingerprint density at radius 1 is 1.10 bits per heavy atom. The molecule has 1 aliphatic carbocycles. The molecule has 2 heteroatoms. The first-order valence-corrected chi connectivity index (χ1v) is 8.66. The summed E-state index contributed by atoms with van der Waals surface area (Å²) in [7, 11) is 0. The largest absolute Gasteiger partial charge is 0.314 e. The predicted molar refractivity (Wildman–Crippen MR) is 88.4 cm³/mol. The van der Waals surface area contributed by atoms with E-state index >= 15 is 0 Å². The number of rotatable bonds is 5. The van der Waals surface area contributed by atoms with Crippen molar-refractivity contribution in [2.45, 2.75) is 64.3 Å². The van der Waals surface area contributed by atoms with E-state index in [1.165, 1.54) is 50.5 Å². The highest BCUT2D eigenvalue weighted by Crippen LogP contribution is 2.28. The molecule has 0 aliphatic heterocycles. The standard InChI is InChI=1S/C18H28ClN/c1-2-20-18(14-16-12-8-9-13-17(16)19)15-10-6-4-3-5-7-11-15/h8-9,12-13,15,18,20H,2-7,10-11,14H2,1H3. The molecule has 112 valence electrons. The van der Waals surface area contributed by atoms with Crippen LogP contribution in [-0.2, 0) is 6.42 Å². The highest BCUT2D eigenvalue weighted by atomic mass is 35.5. The van der Waals surface area contributed by atoms with E-state index in [9.17, 15) is 0 Å². The van der Waals surface area contributed by atoms with Crippen molar-refractivity contribution in [3.8, 4) is 0 Å². The van der Waals surface area contributed by atoms with Gasteiger partial charge in [0.05, 0.1) is 0 Å². The smallest absolute Gasteiger partial charge is 0.0438 e. The van der Waals surface area contributed by atoms with E-state index in [4.69, 9.17) is 11.6 Å². The first kappa shape index (κ1) is 15.9. The molecule has 2 rings (SSSR count). The van der Waals surface area contributed by atoms with Crippen molar-refractivity contribution >= 4 is 11.6 Å². The molecule has 0 heterocycles. The maximum absolute atomic E-state index is 6.34. The topological polar surface area (TPSA) is 12.0 Å². The van der Waals surface area contributed by atoms with Gasteiger partial charge in [0.2, 0.25) is 0 Å². The monoisotopic (exact) mass is 293 g/mol. The van der Waals surface area contributed by atoms with Gasteiger partial charge in [0.15, 0.2) is 0 Å². The summed E-state index contributed by atoms with van der Waals surface area (Å²) in [5.41, 5.74) is 1.29. The van der Waals surface area contributed by atoms with Gasteiger partial charge in [-0.3, -0.25) is 0 Å². The van der Waals surface area contributed by atoms with E-state index < -0.39 is 0 Å². The molecule has 0 radical (unpaired) electrons. The van der Waals surface area contributed by atoms with Crippen molar-refractivity contribution in [3.63, 3.8) is 0 Å². The lowest BCUT2D eigenvalue weighted by atomic mass is 9.83. The second-order valence-corrected chi connectivity index (χ2v) is 6.47. The zero-order valence-electron chi connectivity index (χ0n) is 12.7. The predicted octanol–water partition coefficient (Wildman–Crippen LogP) is 5.22. The molecule has 1 saturated carbocycles.